The minimum atomic E-state index is 0.678. The van der Waals surface area contributed by atoms with Gasteiger partial charge in [0, 0.05) is 31.6 Å². The summed E-state index contributed by atoms with van der Waals surface area (Å²) >= 11 is 0. The van der Waals surface area contributed by atoms with Crippen LogP contribution in [0.1, 0.15) is 46.5 Å². The highest BCUT2D eigenvalue weighted by molar-refractivity contribution is 4.88. The lowest BCUT2D eigenvalue weighted by atomic mass is 9.97. The molecule has 2 unspecified atom stereocenters. The van der Waals surface area contributed by atoms with E-state index in [9.17, 15) is 0 Å². The summed E-state index contributed by atoms with van der Waals surface area (Å²) in [5, 5.41) is 3.66. The van der Waals surface area contributed by atoms with E-state index < -0.39 is 0 Å². The standard InChI is InChI=1S/C15H28N2/c1-5-7-8-9-10-17-12-14(6-2)16-11-15(17)13(3)4/h1,13-16H,6-12H2,2-4H3. The van der Waals surface area contributed by atoms with E-state index in [0.29, 0.717) is 12.1 Å². The van der Waals surface area contributed by atoms with Crippen LogP contribution in [0.5, 0.6) is 0 Å². The van der Waals surface area contributed by atoms with E-state index >= 15 is 0 Å². The van der Waals surface area contributed by atoms with Gasteiger partial charge in [0.05, 0.1) is 0 Å². The summed E-state index contributed by atoms with van der Waals surface area (Å²) < 4.78 is 0. The fraction of sp³-hybridized carbons (Fsp3) is 0.867. The lowest BCUT2D eigenvalue weighted by Crippen LogP contribution is -2.58. The van der Waals surface area contributed by atoms with E-state index in [2.05, 4.69) is 36.9 Å². The molecule has 2 heteroatoms. The second kappa shape index (κ2) is 7.74. The Labute approximate surface area is 107 Å². The second-order valence-electron chi connectivity index (χ2n) is 5.48. The highest BCUT2D eigenvalue weighted by Gasteiger charge is 2.28. The van der Waals surface area contributed by atoms with E-state index in [4.69, 9.17) is 6.42 Å². The molecule has 1 rings (SSSR count). The number of hydrogen-bond donors (Lipinski definition) is 1. The van der Waals surface area contributed by atoms with E-state index in [1.165, 1.54) is 32.4 Å². The molecule has 1 aliphatic heterocycles. The van der Waals surface area contributed by atoms with Crippen molar-refractivity contribution in [2.75, 3.05) is 19.6 Å². The van der Waals surface area contributed by atoms with Gasteiger partial charge >= 0.3 is 0 Å². The summed E-state index contributed by atoms with van der Waals surface area (Å²) in [7, 11) is 0. The van der Waals surface area contributed by atoms with Crippen molar-refractivity contribution in [3.8, 4) is 12.3 Å². The molecule has 0 bridgehead atoms. The van der Waals surface area contributed by atoms with Crippen LogP contribution < -0.4 is 5.32 Å². The summed E-state index contributed by atoms with van der Waals surface area (Å²) in [6.07, 6.45) is 9.86. The van der Waals surface area contributed by atoms with Crippen molar-refractivity contribution in [2.24, 2.45) is 5.92 Å². The molecular formula is C15H28N2. The Morgan fingerprint density at radius 3 is 2.76 bits per heavy atom. The second-order valence-corrected chi connectivity index (χ2v) is 5.48. The molecule has 0 amide bonds. The van der Waals surface area contributed by atoms with Gasteiger partial charge in [-0.1, -0.05) is 20.8 Å². The van der Waals surface area contributed by atoms with Gasteiger partial charge in [-0.3, -0.25) is 4.90 Å². The molecule has 0 aliphatic carbocycles. The van der Waals surface area contributed by atoms with Crippen molar-refractivity contribution >= 4 is 0 Å². The van der Waals surface area contributed by atoms with Gasteiger partial charge < -0.3 is 5.32 Å². The van der Waals surface area contributed by atoms with E-state index in [0.717, 1.165) is 18.9 Å². The summed E-state index contributed by atoms with van der Waals surface area (Å²) in [5.41, 5.74) is 0. The SMILES string of the molecule is C#CCCCCN1CC(CC)NCC1C(C)C. The van der Waals surface area contributed by atoms with Crippen LogP contribution >= 0.6 is 0 Å². The zero-order valence-electron chi connectivity index (χ0n) is 11.7. The molecule has 1 saturated heterocycles. The summed E-state index contributed by atoms with van der Waals surface area (Å²) in [6.45, 7) is 10.5. The topological polar surface area (TPSA) is 15.3 Å². The smallest absolute Gasteiger partial charge is 0.0244 e. The predicted octanol–water partition coefficient (Wildman–Crippen LogP) is 2.50. The van der Waals surface area contributed by atoms with E-state index in [1.54, 1.807) is 0 Å². The number of nitrogens with zero attached hydrogens (tertiary/aromatic N) is 1. The first-order valence-electron chi connectivity index (χ1n) is 7.09. The number of rotatable bonds is 6. The quantitative estimate of drug-likeness (QED) is 0.563. The number of nitrogens with one attached hydrogen (secondary N) is 1. The number of piperazine rings is 1. The van der Waals surface area contributed by atoms with Crippen LogP contribution in [-0.2, 0) is 0 Å². The van der Waals surface area contributed by atoms with Crippen LogP contribution in [0.2, 0.25) is 0 Å². The number of terminal acetylenes is 1. The molecular weight excluding hydrogens is 208 g/mol. The van der Waals surface area contributed by atoms with Crippen molar-refractivity contribution in [3.05, 3.63) is 0 Å². The van der Waals surface area contributed by atoms with Crippen molar-refractivity contribution in [1.29, 1.82) is 0 Å². The summed E-state index contributed by atoms with van der Waals surface area (Å²) in [5.74, 6) is 3.46. The maximum Gasteiger partial charge on any atom is 0.0244 e. The molecule has 1 fully saturated rings. The molecule has 17 heavy (non-hydrogen) atoms. The molecule has 2 atom stereocenters. The number of hydrogen-bond acceptors (Lipinski definition) is 2. The van der Waals surface area contributed by atoms with Gasteiger partial charge in [-0.25, -0.2) is 0 Å². The molecule has 0 aromatic rings. The van der Waals surface area contributed by atoms with Crippen LogP contribution in [-0.4, -0.2) is 36.6 Å². The summed E-state index contributed by atoms with van der Waals surface area (Å²) in [6, 6.07) is 1.38. The third-order valence-corrected chi connectivity index (χ3v) is 3.82. The average molecular weight is 236 g/mol. The van der Waals surface area contributed by atoms with E-state index in [-0.39, 0.29) is 0 Å². The molecule has 2 nitrogen and oxygen atoms in total. The van der Waals surface area contributed by atoms with Gasteiger partial charge in [0.25, 0.3) is 0 Å². The Bertz CT molecular complexity index is 242. The van der Waals surface area contributed by atoms with Crippen molar-refractivity contribution in [3.63, 3.8) is 0 Å². The number of unbranched alkanes of at least 4 members (excludes halogenated alkanes) is 2. The van der Waals surface area contributed by atoms with Gasteiger partial charge in [-0.05, 0) is 31.7 Å². The van der Waals surface area contributed by atoms with Gasteiger partial charge in [0.1, 0.15) is 0 Å². The Hall–Kier alpha value is -0.520. The molecule has 1 heterocycles. The Morgan fingerprint density at radius 2 is 2.18 bits per heavy atom. The molecule has 98 valence electrons. The molecule has 1 N–H and O–H groups in total. The largest absolute Gasteiger partial charge is 0.311 e. The summed E-state index contributed by atoms with van der Waals surface area (Å²) in [4.78, 5) is 2.67. The fourth-order valence-electron chi connectivity index (χ4n) is 2.63. The highest BCUT2D eigenvalue weighted by atomic mass is 15.2. The zero-order valence-corrected chi connectivity index (χ0v) is 11.7. The normalized spacial score (nSPS) is 26.1. The minimum absolute atomic E-state index is 0.678. The maximum absolute atomic E-state index is 5.29. The van der Waals surface area contributed by atoms with Crippen molar-refractivity contribution in [1.82, 2.24) is 10.2 Å². The first-order valence-corrected chi connectivity index (χ1v) is 7.09. The molecule has 0 aromatic carbocycles. The average Bonchev–Trinajstić information content (AvgIpc) is 2.34. The minimum Gasteiger partial charge on any atom is -0.311 e. The van der Waals surface area contributed by atoms with Crippen molar-refractivity contribution < 1.29 is 0 Å². The molecule has 0 radical (unpaired) electrons. The molecule has 0 saturated carbocycles. The third kappa shape index (κ3) is 4.69. The molecule has 0 spiro atoms. The zero-order chi connectivity index (χ0) is 12.7. The van der Waals surface area contributed by atoms with Crippen LogP contribution in [0.3, 0.4) is 0 Å². The van der Waals surface area contributed by atoms with Gasteiger partial charge in [-0.2, -0.15) is 0 Å². The fourth-order valence-corrected chi connectivity index (χ4v) is 2.63. The van der Waals surface area contributed by atoms with Gasteiger partial charge in [0.2, 0.25) is 0 Å². The van der Waals surface area contributed by atoms with Gasteiger partial charge in [0.15, 0.2) is 0 Å². The van der Waals surface area contributed by atoms with Crippen LogP contribution in [0.15, 0.2) is 0 Å². The van der Waals surface area contributed by atoms with Gasteiger partial charge in [-0.15, -0.1) is 12.3 Å². The van der Waals surface area contributed by atoms with E-state index in [1.807, 2.05) is 0 Å². The molecule has 1 aliphatic rings. The first-order chi connectivity index (χ1) is 8.19. The Morgan fingerprint density at radius 1 is 1.41 bits per heavy atom. The Kier molecular flexibility index (Phi) is 6.62. The monoisotopic (exact) mass is 236 g/mol. The predicted molar refractivity (Wildman–Crippen MR) is 75.0 cm³/mol. The lowest BCUT2D eigenvalue weighted by Gasteiger charge is -2.42. The third-order valence-electron chi connectivity index (χ3n) is 3.82. The van der Waals surface area contributed by atoms with Crippen LogP contribution in [0.25, 0.3) is 0 Å². The first kappa shape index (κ1) is 14.5. The highest BCUT2D eigenvalue weighted by Crippen LogP contribution is 2.17. The van der Waals surface area contributed by atoms with Crippen LogP contribution in [0.4, 0.5) is 0 Å². The molecule has 0 aromatic heterocycles. The maximum atomic E-state index is 5.29. The van der Waals surface area contributed by atoms with Crippen LogP contribution in [0, 0.1) is 18.3 Å². The van der Waals surface area contributed by atoms with Crippen molar-refractivity contribution in [2.45, 2.75) is 58.5 Å². The Balaban J connectivity index is 2.41. The lowest BCUT2D eigenvalue weighted by molar-refractivity contribution is 0.0955.